The quantitative estimate of drug-likeness (QED) is 0.744. The highest BCUT2D eigenvalue weighted by molar-refractivity contribution is 5.55. The Labute approximate surface area is 80.4 Å². The van der Waals surface area contributed by atoms with E-state index in [1.807, 2.05) is 0 Å². The first-order valence-electron chi connectivity index (χ1n) is 4.10. The monoisotopic (exact) mass is 189 g/mol. The number of nitrogens with two attached hydrogens (primary N) is 1. The predicted octanol–water partition coefficient (Wildman–Crippen LogP) is 1.86. The number of rotatable bonds is 1. The Bertz CT molecular complexity index is 439. The zero-order valence-electron chi connectivity index (χ0n) is 7.31. The first-order chi connectivity index (χ1) is 6.75. The van der Waals surface area contributed by atoms with Crippen LogP contribution in [0.4, 0.5) is 10.2 Å². The first-order valence-corrected chi connectivity index (χ1v) is 4.10. The highest BCUT2D eigenvalue weighted by atomic mass is 19.1. The van der Waals surface area contributed by atoms with Gasteiger partial charge in [-0.1, -0.05) is 0 Å². The van der Waals surface area contributed by atoms with Gasteiger partial charge in [-0.2, -0.15) is 0 Å². The minimum absolute atomic E-state index is 0.280. The van der Waals surface area contributed by atoms with E-state index in [0.717, 1.165) is 5.56 Å². The molecule has 0 saturated carbocycles. The lowest BCUT2D eigenvalue weighted by Gasteiger charge is -1.99. The summed E-state index contributed by atoms with van der Waals surface area (Å²) in [5, 5.41) is 0. The van der Waals surface area contributed by atoms with Crippen LogP contribution >= 0.6 is 0 Å². The molecule has 3 nitrogen and oxygen atoms in total. The van der Waals surface area contributed by atoms with Crippen LogP contribution in [0, 0.1) is 5.82 Å². The molecule has 1 aromatic carbocycles. The molecule has 0 radical (unpaired) electrons. The van der Waals surface area contributed by atoms with Crippen molar-refractivity contribution in [2.75, 3.05) is 5.73 Å². The van der Waals surface area contributed by atoms with Crippen molar-refractivity contribution in [1.29, 1.82) is 0 Å². The van der Waals surface area contributed by atoms with E-state index in [4.69, 9.17) is 5.73 Å². The summed E-state index contributed by atoms with van der Waals surface area (Å²) in [5.74, 6) is 0.627. The number of aromatic nitrogens is 2. The second kappa shape index (κ2) is 3.41. The summed E-state index contributed by atoms with van der Waals surface area (Å²) in [6.45, 7) is 0. The summed E-state index contributed by atoms with van der Waals surface area (Å²) < 4.78 is 12.6. The van der Waals surface area contributed by atoms with Crippen molar-refractivity contribution >= 4 is 5.82 Å². The van der Waals surface area contributed by atoms with Gasteiger partial charge in [0.25, 0.3) is 0 Å². The van der Waals surface area contributed by atoms with E-state index in [0.29, 0.717) is 11.6 Å². The predicted molar refractivity (Wildman–Crippen MR) is 51.8 cm³/mol. The zero-order valence-corrected chi connectivity index (χ0v) is 7.31. The minimum Gasteiger partial charge on any atom is -0.384 e. The number of benzene rings is 1. The summed E-state index contributed by atoms with van der Waals surface area (Å²) in [5.41, 5.74) is 6.25. The molecule has 0 spiro atoms. The van der Waals surface area contributed by atoms with Gasteiger partial charge < -0.3 is 5.73 Å². The van der Waals surface area contributed by atoms with Gasteiger partial charge in [-0.05, 0) is 30.3 Å². The van der Waals surface area contributed by atoms with Gasteiger partial charge in [0.2, 0.25) is 0 Å². The lowest BCUT2D eigenvalue weighted by atomic mass is 10.2. The SMILES string of the molecule is Nc1ccnc(-c2ccc(F)cc2)n1. The number of hydrogen-bond acceptors (Lipinski definition) is 3. The number of hydrogen-bond donors (Lipinski definition) is 1. The van der Waals surface area contributed by atoms with Crippen LogP contribution < -0.4 is 5.73 Å². The van der Waals surface area contributed by atoms with Crippen molar-refractivity contribution in [2.24, 2.45) is 0 Å². The molecule has 2 N–H and O–H groups in total. The molecule has 0 bridgehead atoms. The van der Waals surface area contributed by atoms with Crippen LogP contribution in [0.1, 0.15) is 0 Å². The zero-order chi connectivity index (χ0) is 9.97. The highest BCUT2D eigenvalue weighted by Gasteiger charge is 2.00. The molecule has 0 unspecified atom stereocenters. The second-order valence-electron chi connectivity index (χ2n) is 2.81. The number of nitrogens with zero attached hydrogens (tertiary/aromatic N) is 2. The van der Waals surface area contributed by atoms with E-state index in [2.05, 4.69) is 9.97 Å². The minimum atomic E-state index is -0.280. The molecule has 0 aliphatic rings. The van der Waals surface area contributed by atoms with Crippen LogP contribution in [-0.4, -0.2) is 9.97 Å². The number of nitrogen functional groups attached to an aromatic ring is 1. The van der Waals surface area contributed by atoms with Crippen molar-refractivity contribution in [3.05, 3.63) is 42.3 Å². The number of halogens is 1. The summed E-state index contributed by atoms with van der Waals surface area (Å²) in [6, 6.07) is 7.56. The molecule has 0 aliphatic heterocycles. The van der Waals surface area contributed by atoms with Crippen molar-refractivity contribution in [2.45, 2.75) is 0 Å². The molecule has 2 rings (SSSR count). The Hall–Kier alpha value is -1.97. The lowest BCUT2D eigenvalue weighted by molar-refractivity contribution is 0.628. The van der Waals surface area contributed by atoms with Crippen LogP contribution in [0.25, 0.3) is 11.4 Å². The van der Waals surface area contributed by atoms with E-state index in [1.54, 1.807) is 24.4 Å². The van der Waals surface area contributed by atoms with Gasteiger partial charge >= 0.3 is 0 Å². The molecule has 0 fully saturated rings. The van der Waals surface area contributed by atoms with Gasteiger partial charge in [0.15, 0.2) is 5.82 Å². The lowest BCUT2D eigenvalue weighted by Crippen LogP contribution is -1.94. The maximum absolute atomic E-state index is 12.6. The van der Waals surface area contributed by atoms with Crippen molar-refractivity contribution < 1.29 is 4.39 Å². The van der Waals surface area contributed by atoms with Crippen molar-refractivity contribution in [1.82, 2.24) is 9.97 Å². The third kappa shape index (κ3) is 1.69. The molecule has 70 valence electrons. The maximum Gasteiger partial charge on any atom is 0.161 e. The van der Waals surface area contributed by atoms with E-state index in [1.165, 1.54) is 12.1 Å². The Morgan fingerprint density at radius 1 is 1.07 bits per heavy atom. The fraction of sp³-hybridized carbons (Fsp3) is 0. The van der Waals surface area contributed by atoms with E-state index < -0.39 is 0 Å². The maximum atomic E-state index is 12.6. The fourth-order valence-electron chi connectivity index (χ4n) is 1.11. The normalized spacial score (nSPS) is 10.1. The molecule has 2 aromatic rings. The Kier molecular flexibility index (Phi) is 2.10. The van der Waals surface area contributed by atoms with Crippen molar-refractivity contribution in [3.8, 4) is 11.4 Å². The molecular weight excluding hydrogens is 181 g/mol. The van der Waals surface area contributed by atoms with E-state index in [-0.39, 0.29) is 5.82 Å². The number of anilines is 1. The van der Waals surface area contributed by atoms with Gasteiger partial charge in [0, 0.05) is 11.8 Å². The topological polar surface area (TPSA) is 51.8 Å². The molecular formula is C10H8FN3. The summed E-state index contributed by atoms with van der Waals surface area (Å²) in [6.07, 6.45) is 1.57. The average Bonchev–Trinajstić information content (AvgIpc) is 2.19. The smallest absolute Gasteiger partial charge is 0.161 e. The molecule has 4 heteroatoms. The van der Waals surface area contributed by atoms with Gasteiger partial charge in [0.1, 0.15) is 11.6 Å². The molecule has 1 heterocycles. The fourth-order valence-corrected chi connectivity index (χ4v) is 1.11. The Morgan fingerprint density at radius 3 is 2.43 bits per heavy atom. The average molecular weight is 189 g/mol. The van der Waals surface area contributed by atoms with Gasteiger partial charge in [0.05, 0.1) is 0 Å². The van der Waals surface area contributed by atoms with E-state index in [9.17, 15) is 4.39 Å². The third-order valence-corrected chi connectivity index (χ3v) is 1.78. The van der Waals surface area contributed by atoms with Crippen LogP contribution in [0.15, 0.2) is 36.5 Å². The molecule has 0 aliphatic carbocycles. The van der Waals surface area contributed by atoms with Crippen molar-refractivity contribution in [3.63, 3.8) is 0 Å². The van der Waals surface area contributed by atoms with Gasteiger partial charge in [-0.15, -0.1) is 0 Å². The van der Waals surface area contributed by atoms with Crippen LogP contribution in [0.3, 0.4) is 0 Å². The van der Waals surface area contributed by atoms with Crippen LogP contribution in [0.5, 0.6) is 0 Å². The summed E-state index contributed by atoms with van der Waals surface area (Å²) in [4.78, 5) is 8.04. The second-order valence-corrected chi connectivity index (χ2v) is 2.81. The van der Waals surface area contributed by atoms with Gasteiger partial charge in [-0.25, -0.2) is 14.4 Å². The Morgan fingerprint density at radius 2 is 1.79 bits per heavy atom. The standard InChI is InChI=1S/C10H8FN3/c11-8-3-1-7(2-4-8)10-13-6-5-9(12)14-10/h1-6H,(H2,12,13,14). The first kappa shape index (κ1) is 8.62. The summed E-state index contributed by atoms with van der Waals surface area (Å²) in [7, 11) is 0. The van der Waals surface area contributed by atoms with Crippen LogP contribution in [-0.2, 0) is 0 Å². The largest absolute Gasteiger partial charge is 0.384 e. The molecule has 1 aromatic heterocycles. The highest BCUT2D eigenvalue weighted by Crippen LogP contribution is 2.15. The third-order valence-electron chi connectivity index (χ3n) is 1.78. The van der Waals surface area contributed by atoms with E-state index >= 15 is 0 Å². The molecule has 0 saturated heterocycles. The van der Waals surface area contributed by atoms with Gasteiger partial charge in [-0.3, -0.25) is 0 Å². The Balaban J connectivity index is 2.44. The summed E-state index contributed by atoms with van der Waals surface area (Å²) >= 11 is 0. The molecule has 14 heavy (non-hydrogen) atoms. The molecule has 0 amide bonds. The molecule has 0 atom stereocenters. The van der Waals surface area contributed by atoms with Crippen LogP contribution in [0.2, 0.25) is 0 Å².